The molecule has 0 radical (unpaired) electrons. The number of H-pyrrole nitrogens is 1. The van der Waals surface area contributed by atoms with Crippen LogP contribution in [0.2, 0.25) is 0 Å². The van der Waals surface area contributed by atoms with Crippen LogP contribution in [-0.4, -0.2) is 107 Å². The molecule has 0 unspecified atom stereocenters. The van der Waals surface area contributed by atoms with Crippen molar-refractivity contribution in [1.82, 2.24) is 30.4 Å². The predicted molar refractivity (Wildman–Crippen MR) is 236 cm³/mol. The second-order valence-electron chi connectivity index (χ2n) is 19.3. The molecule has 348 valence electrons. The molecule has 5 aliphatic rings. The van der Waals surface area contributed by atoms with Crippen molar-refractivity contribution >= 4 is 46.8 Å². The molecule has 15 nitrogen and oxygen atoms in total. The van der Waals surface area contributed by atoms with Gasteiger partial charge in [0.05, 0.1) is 31.3 Å². The number of ketones is 1. The van der Waals surface area contributed by atoms with Gasteiger partial charge in [-0.15, -0.1) is 0 Å². The van der Waals surface area contributed by atoms with Crippen molar-refractivity contribution in [3.05, 3.63) is 77.1 Å². The van der Waals surface area contributed by atoms with Crippen molar-refractivity contribution in [2.45, 2.75) is 102 Å². The largest absolute Gasteiger partial charge is 0.456 e. The SMILES string of the molecule is COC(=O)N[C@H](C(=O)N1CC2(CC2)C[C@H]1C(=O)OCC(=O)c1ccc2c(c1)C(F)(F)c1cc(-c3ccc4nc([C@@H]5[C@H]6CC[C@H](C6)N5C(=O)[C@@H](NC(=O)OC)C(C)C)[nH]c4c3)ccc1-2)C(C)C. The smallest absolute Gasteiger partial charge is 0.407 e. The second kappa shape index (κ2) is 16.8. The average molecular weight is 909 g/mol. The maximum atomic E-state index is 16.5. The minimum absolute atomic E-state index is 0.0188. The summed E-state index contributed by atoms with van der Waals surface area (Å²) in [6, 6.07) is 11.5. The molecule has 17 heteroatoms. The maximum Gasteiger partial charge on any atom is 0.407 e. The van der Waals surface area contributed by atoms with Gasteiger partial charge in [0.15, 0.2) is 12.4 Å². The molecule has 4 amide bonds. The number of amides is 4. The minimum Gasteiger partial charge on any atom is -0.456 e. The molecular formula is C49H54F2N6O9. The van der Waals surface area contributed by atoms with Crippen LogP contribution >= 0.6 is 0 Å². The van der Waals surface area contributed by atoms with Gasteiger partial charge in [0, 0.05) is 29.3 Å². The standard InChI is InChI=1S/C49H54F2N6O9/c1-24(2)39(54-46(62)64-5)43(59)56-23-48(15-16-48)21-37(56)45(61)66-22-38(58)28-9-13-32-31-12-8-26(18-33(31)49(50,51)34(32)19-28)27-10-14-35-36(20-27)53-42(52-35)41-29-7-11-30(17-29)57(41)44(60)40(25(3)4)55-47(63)65-6/h8-10,12-14,18-20,24-25,29-30,37,39-41H,7,11,15-17,21-23H2,1-6H3,(H,52,53)(H,54,62)(H,55,63)/t29-,30+,37-,39-,40-,41-/m0/s1. The van der Waals surface area contributed by atoms with Crippen LogP contribution in [0.1, 0.15) is 99.6 Å². The van der Waals surface area contributed by atoms with Crippen LogP contribution in [0.25, 0.3) is 33.3 Å². The molecule has 1 aromatic heterocycles. The molecular weight excluding hydrogens is 855 g/mol. The Hall–Kier alpha value is -6.39. The van der Waals surface area contributed by atoms with Crippen molar-refractivity contribution in [2.24, 2.45) is 23.2 Å². The lowest BCUT2D eigenvalue weighted by molar-refractivity contribution is -0.153. The first-order chi connectivity index (χ1) is 31.4. The summed E-state index contributed by atoms with van der Waals surface area (Å²) in [6.07, 6.45) is 3.20. The number of carbonyl (C=O) groups excluding carboxylic acids is 6. The van der Waals surface area contributed by atoms with Gasteiger partial charge in [0.25, 0.3) is 5.92 Å². The molecule has 6 atom stereocenters. The van der Waals surface area contributed by atoms with Crippen molar-refractivity contribution in [3.8, 4) is 22.3 Å². The number of aromatic amines is 1. The first-order valence-electron chi connectivity index (χ1n) is 22.6. The number of Topliss-reactive ketones (excluding diaryl/α,β-unsaturated/α-hetero) is 1. The van der Waals surface area contributed by atoms with E-state index in [-0.39, 0.29) is 63.4 Å². The number of ether oxygens (including phenoxy) is 3. The summed E-state index contributed by atoms with van der Waals surface area (Å²) < 4.78 is 47.9. The van der Waals surface area contributed by atoms with E-state index in [9.17, 15) is 28.8 Å². The Morgan fingerprint density at radius 2 is 1.44 bits per heavy atom. The Balaban J connectivity index is 0.901. The number of nitrogens with one attached hydrogen (secondary N) is 3. The number of halogens is 2. The molecule has 66 heavy (non-hydrogen) atoms. The molecule has 9 rings (SSSR count). The van der Waals surface area contributed by atoms with Crippen molar-refractivity contribution in [2.75, 3.05) is 27.4 Å². The lowest BCUT2D eigenvalue weighted by atomic mass is 9.95. The van der Waals surface area contributed by atoms with Crippen LogP contribution in [-0.2, 0) is 34.5 Å². The number of alkyl halides is 2. The number of piperidine rings is 1. The number of aromatic nitrogens is 2. The van der Waals surface area contributed by atoms with Gasteiger partial charge in [0.2, 0.25) is 11.8 Å². The zero-order chi connectivity index (χ0) is 47.0. The highest BCUT2D eigenvalue weighted by molar-refractivity contribution is 6.00. The van der Waals surface area contributed by atoms with E-state index < -0.39 is 60.5 Å². The van der Waals surface area contributed by atoms with E-state index >= 15 is 8.78 Å². The fraction of sp³-hybridized carbons (Fsp3) is 0.490. The lowest BCUT2D eigenvalue weighted by Crippen LogP contribution is -2.54. The number of esters is 1. The van der Waals surface area contributed by atoms with Crippen LogP contribution < -0.4 is 10.6 Å². The Bertz CT molecular complexity index is 2660. The van der Waals surface area contributed by atoms with Gasteiger partial charge in [-0.3, -0.25) is 14.4 Å². The van der Waals surface area contributed by atoms with Crippen LogP contribution in [0.3, 0.4) is 0 Å². The Morgan fingerprint density at radius 3 is 2.09 bits per heavy atom. The quantitative estimate of drug-likeness (QED) is 0.0741. The normalized spacial score (nSPS) is 22.6. The third-order valence-corrected chi connectivity index (χ3v) is 14.4. The number of imidazole rings is 1. The number of fused-ring (bicyclic) bond motifs is 6. The van der Waals surface area contributed by atoms with Crippen LogP contribution in [0.4, 0.5) is 18.4 Å². The van der Waals surface area contributed by atoms with Crippen LogP contribution in [0.5, 0.6) is 0 Å². The lowest BCUT2D eigenvalue weighted by Gasteiger charge is -2.37. The van der Waals surface area contributed by atoms with E-state index in [4.69, 9.17) is 19.2 Å². The molecule has 2 aliphatic heterocycles. The number of alkyl carbamates (subject to hydrolysis) is 2. The number of nitrogens with zero attached hydrogens (tertiary/aromatic N) is 3. The Kier molecular flexibility index (Phi) is 11.4. The summed E-state index contributed by atoms with van der Waals surface area (Å²) >= 11 is 0. The number of carbonyl (C=O) groups is 6. The fourth-order valence-corrected chi connectivity index (χ4v) is 10.7. The van der Waals surface area contributed by atoms with E-state index in [0.717, 1.165) is 38.2 Å². The van der Waals surface area contributed by atoms with Crippen LogP contribution in [0.15, 0.2) is 54.6 Å². The highest BCUT2D eigenvalue weighted by Gasteiger charge is 2.57. The fourth-order valence-electron chi connectivity index (χ4n) is 10.7. The molecule has 2 saturated heterocycles. The van der Waals surface area contributed by atoms with Crippen molar-refractivity contribution in [1.29, 1.82) is 0 Å². The third-order valence-electron chi connectivity index (χ3n) is 14.4. The number of benzene rings is 3. The number of hydrogen-bond acceptors (Lipinski definition) is 10. The minimum atomic E-state index is -3.46. The van der Waals surface area contributed by atoms with Gasteiger partial charge in [-0.2, -0.15) is 8.78 Å². The Labute approximate surface area is 380 Å². The van der Waals surface area contributed by atoms with Crippen molar-refractivity contribution in [3.63, 3.8) is 0 Å². The third kappa shape index (κ3) is 7.82. The van der Waals surface area contributed by atoms with E-state index in [0.29, 0.717) is 46.5 Å². The zero-order valence-electron chi connectivity index (χ0n) is 37.7. The molecule has 1 spiro atoms. The van der Waals surface area contributed by atoms with E-state index in [1.54, 1.807) is 26.0 Å². The number of likely N-dealkylation sites (tertiary alicyclic amines) is 2. The van der Waals surface area contributed by atoms with Gasteiger partial charge in [0.1, 0.15) is 23.9 Å². The van der Waals surface area contributed by atoms with E-state index in [1.807, 2.05) is 36.9 Å². The molecule has 2 bridgehead atoms. The van der Waals surface area contributed by atoms with E-state index in [2.05, 4.69) is 15.6 Å². The first kappa shape index (κ1) is 44.8. The van der Waals surface area contributed by atoms with Gasteiger partial charge >= 0.3 is 18.2 Å². The van der Waals surface area contributed by atoms with Gasteiger partial charge in [-0.1, -0.05) is 58.0 Å². The average Bonchev–Trinajstić information content (AvgIpc) is 3.76. The summed E-state index contributed by atoms with van der Waals surface area (Å²) in [5, 5.41) is 5.27. The van der Waals surface area contributed by atoms with Crippen LogP contribution in [0, 0.1) is 23.2 Å². The van der Waals surface area contributed by atoms with Gasteiger partial charge in [-0.25, -0.2) is 19.4 Å². The molecule has 2 saturated carbocycles. The number of methoxy groups -OCH3 is 2. The highest BCUT2D eigenvalue weighted by atomic mass is 19.3. The van der Waals surface area contributed by atoms with Crippen molar-refractivity contribution < 1.29 is 51.8 Å². The summed E-state index contributed by atoms with van der Waals surface area (Å²) in [5.41, 5.74) is 2.34. The van der Waals surface area contributed by atoms with Gasteiger partial charge in [-0.05, 0) is 108 Å². The predicted octanol–water partition coefficient (Wildman–Crippen LogP) is 7.27. The maximum absolute atomic E-state index is 16.5. The number of hydrogen-bond donors (Lipinski definition) is 3. The van der Waals surface area contributed by atoms with Gasteiger partial charge < -0.3 is 39.6 Å². The monoisotopic (exact) mass is 908 g/mol. The molecule has 3 aromatic carbocycles. The number of rotatable bonds is 12. The topological polar surface area (TPSA) is 189 Å². The zero-order valence-corrected chi connectivity index (χ0v) is 37.7. The molecule has 3 N–H and O–H groups in total. The summed E-state index contributed by atoms with van der Waals surface area (Å²) in [5.74, 6) is -5.22. The summed E-state index contributed by atoms with van der Waals surface area (Å²) in [4.78, 5) is 90.6. The molecule has 4 aromatic rings. The Morgan fingerprint density at radius 1 is 0.818 bits per heavy atom. The first-order valence-corrected chi connectivity index (χ1v) is 22.6. The molecule has 3 heterocycles. The summed E-state index contributed by atoms with van der Waals surface area (Å²) in [6.45, 7) is 6.88. The highest BCUT2D eigenvalue weighted by Crippen LogP contribution is 2.56. The van der Waals surface area contributed by atoms with E-state index in [1.165, 1.54) is 37.3 Å². The second-order valence-corrected chi connectivity index (χ2v) is 19.3. The molecule has 3 aliphatic carbocycles. The molecule has 4 fully saturated rings. The summed E-state index contributed by atoms with van der Waals surface area (Å²) in [7, 11) is 2.45.